The zero-order valence-corrected chi connectivity index (χ0v) is 13.5. The van der Waals surface area contributed by atoms with Crippen LogP contribution in [0.5, 0.6) is 0 Å². The van der Waals surface area contributed by atoms with Crippen molar-refractivity contribution >= 4 is 21.5 Å². The Labute approximate surface area is 134 Å². The monoisotopic (exact) mass is 337 g/mol. The highest BCUT2D eigenvalue weighted by Crippen LogP contribution is 2.46. The first-order valence-corrected chi connectivity index (χ1v) is 9.26. The summed E-state index contributed by atoms with van der Waals surface area (Å²) in [6.45, 7) is 1.24. The number of amides is 1. The van der Waals surface area contributed by atoms with E-state index >= 15 is 0 Å². The van der Waals surface area contributed by atoms with Crippen molar-refractivity contribution in [1.82, 2.24) is 5.32 Å². The molecule has 1 heterocycles. The number of hydrogen-bond donors (Lipinski definition) is 2. The normalized spacial score (nSPS) is 31.8. The van der Waals surface area contributed by atoms with E-state index in [0.717, 1.165) is 11.1 Å². The molecule has 7 heteroatoms. The van der Waals surface area contributed by atoms with Crippen LogP contribution in [0.3, 0.4) is 0 Å². The Morgan fingerprint density at radius 2 is 1.96 bits per heavy atom. The summed E-state index contributed by atoms with van der Waals surface area (Å²) in [6.07, 6.45) is 0.170. The fourth-order valence-electron chi connectivity index (χ4n) is 3.86. The van der Waals surface area contributed by atoms with Crippen LogP contribution in [0.2, 0.25) is 0 Å². The molecule has 1 aliphatic heterocycles. The fourth-order valence-corrected chi connectivity index (χ4v) is 6.42. The second-order valence-electron chi connectivity index (χ2n) is 6.30. The molecule has 2 fully saturated rings. The number of nitrogens with one attached hydrogen (secondary N) is 1. The first-order chi connectivity index (χ1) is 10.8. The molecule has 1 amide bonds. The third-order valence-corrected chi connectivity index (χ3v) is 7.06. The molecule has 2 N–H and O–H groups in total. The number of benzene rings is 1. The third-order valence-electron chi connectivity index (χ3n) is 4.78. The standard InChI is InChI=1S/C16H19NO5S/c1-9(19)17-13-8-23(21,22)16-12(6-14(20)15(13)16)11-4-2-10(7-18)3-5-11/h2-5,12-13,15-16,18H,6-8H2,1H3,(H,17,19)/t12-,13+,15+,16-/m1/s1. The number of sulfone groups is 1. The second-order valence-corrected chi connectivity index (χ2v) is 8.51. The first-order valence-electron chi connectivity index (χ1n) is 7.54. The van der Waals surface area contributed by atoms with E-state index in [9.17, 15) is 18.0 Å². The zero-order valence-electron chi connectivity index (χ0n) is 12.7. The molecule has 3 rings (SSSR count). The largest absolute Gasteiger partial charge is 0.392 e. The Kier molecular flexibility index (Phi) is 4.01. The molecular weight excluding hydrogens is 318 g/mol. The lowest BCUT2D eigenvalue weighted by Crippen LogP contribution is -2.41. The predicted octanol–water partition coefficient (Wildman–Crippen LogP) is 0.153. The molecule has 2 aliphatic rings. The van der Waals surface area contributed by atoms with E-state index in [4.69, 9.17) is 5.11 Å². The topological polar surface area (TPSA) is 101 Å². The van der Waals surface area contributed by atoms with Crippen LogP contribution in [-0.4, -0.2) is 42.3 Å². The smallest absolute Gasteiger partial charge is 0.217 e. The Morgan fingerprint density at radius 1 is 1.30 bits per heavy atom. The van der Waals surface area contributed by atoms with Crippen LogP contribution < -0.4 is 5.32 Å². The van der Waals surface area contributed by atoms with Crippen LogP contribution in [0.1, 0.15) is 30.4 Å². The van der Waals surface area contributed by atoms with Crippen molar-refractivity contribution in [3.05, 3.63) is 35.4 Å². The summed E-state index contributed by atoms with van der Waals surface area (Å²) >= 11 is 0. The number of ketones is 1. The molecule has 0 unspecified atom stereocenters. The first kappa shape index (κ1) is 16.1. The summed E-state index contributed by atoms with van der Waals surface area (Å²) in [7, 11) is -3.45. The molecular formula is C16H19NO5S. The minimum Gasteiger partial charge on any atom is -0.392 e. The van der Waals surface area contributed by atoms with Gasteiger partial charge in [-0.05, 0) is 11.1 Å². The summed E-state index contributed by atoms with van der Waals surface area (Å²) < 4.78 is 25.1. The molecule has 124 valence electrons. The van der Waals surface area contributed by atoms with Crippen LogP contribution in [0, 0.1) is 5.92 Å². The molecule has 23 heavy (non-hydrogen) atoms. The molecule has 0 spiro atoms. The predicted molar refractivity (Wildman–Crippen MR) is 83.4 cm³/mol. The van der Waals surface area contributed by atoms with Gasteiger partial charge in [0.1, 0.15) is 5.78 Å². The van der Waals surface area contributed by atoms with E-state index in [-0.39, 0.29) is 36.4 Å². The summed E-state index contributed by atoms with van der Waals surface area (Å²) in [6, 6.07) is 6.39. The number of carbonyl (C=O) groups is 2. The summed E-state index contributed by atoms with van der Waals surface area (Å²) in [5, 5.41) is 10.9. The average molecular weight is 337 g/mol. The van der Waals surface area contributed by atoms with Crippen molar-refractivity contribution in [2.24, 2.45) is 5.92 Å². The van der Waals surface area contributed by atoms with Crippen molar-refractivity contribution in [1.29, 1.82) is 0 Å². The van der Waals surface area contributed by atoms with E-state index in [1.54, 1.807) is 24.3 Å². The minimum absolute atomic E-state index is 0.0845. The molecule has 0 aromatic heterocycles. The van der Waals surface area contributed by atoms with Gasteiger partial charge in [0.15, 0.2) is 9.84 Å². The molecule has 1 saturated carbocycles. The van der Waals surface area contributed by atoms with Crippen LogP contribution >= 0.6 is 0 Å². The Balaban J connectivity index is 1.95. The van der Waals surface area contributed by atoms with Gasteiger partial charge < -0.3 is 10.4 Å². The molecule has 1 aliphatic carbocycles. The molecule has 4 atom stereocenters. The number of aliphatic hydroxyl groups is 1. The van der Waals surface area contributed by atoms with Gasteiger partial charge in [-0.15, -0.1) is 0 Å². The van der Waals surface area contributed by atoms with Crippen LogP contribution in [0.25, 0.3) is 0 Å². The van der Waals surface area contributed by atoms with Crippen LogP contribution in [0.15, 0.2) is 24.3 Å². The number of carbonyl (C=O) groups excluding carboxylic acids is 2. The van der Waals surface area contributed by atoms with Gasteiger partial charge >= 0.3 is 0 Å². The lowest BCUT2D eigenvalue weighted by atomic mass is 9.93. The molecule has 1 aromatic carbocycles. The van der Waals surface area contributed by atoms with Gasteiger partial charge in [-0.1, -0.05) is 24.3 Å². The molecule has 1 saturated heterocycles. The highest BCUT2D eigenvalue weighted by molar-refractivity contribution is 7.92. The average Bonchev–Trinajstić information content (AvgIpc) is 2.96. The Morgan fingerprint density at radius 3 is 2.52 bits per heavy atom. The lowest BCUT2D eigenvalue weighted by molar-refractivity contribution is -0.122. The third kappa shape index (κ3) is 2.79. The fraction of sp³-hybridized carbons (Fsp3) is 0.500. The number of hydrogen-bond acceptors (Lipinski definition) is 5. The van der Waals surface area contributed by atoms with Gasteiger partial charge in [0.25, 0.3) is 0 Å². The summed E-state index contributed by atoms with van der Waals surface area (Å²) in [5.74, 6) is -1.66. The highest BCUT2D eigenvalue weighted by Gasteiger charge is 2.58. The van der Waals surface area contributed by atoms with Crippen molar-refractivity contribution in [3.8, 4) is 0 Å². The number of Topliss-reactive ketones (excluding diaryl/α,β-unsaturated/α-hetero) is 1. The molecule has 6 nitrogen and oxygen atoms in total. The van der Waals surface area contributed by atoms with Crippen LogP contribution in [-0.2, 0) is 26.0 Å². The van der Waals surface area contributed by atoms with E-state index < -0.39 is 27.0 Å². The summed E-state index contributed by atoms with van der Waals surface area (Å²) in [4.78, 5) is 23.7. The SMILES string of the molecule is CC(=O)N[C@H]1CS(=O)(=O)[C@H]2[C@@H]1C(=O)C[C@@H]2c1ccc(CO)cc1. The van der Waals surface area contributed by atoms with E-state index in [1.807, 2.05) is 0 Å². The van der Waals surface area contributed by atoms with Gasteiger partial charge in [0.2, 0.25) is 5.91 Å². The van der Waals surface area contributed by atoms with Gasteiger partial charge in [0, 0.05) is 19.3 Å². The Hall–Kier alpha value is -1.73. The maximum Gasteiger partial charge on any atom is 0.217 e. The van der Waals surface area contributed by atoms with Crippen molar-refractivity contribution < 1.29 is 23.1 Å². The minimum atomic E-state index is -3.45. The summed E-state index contributed by atoms with van der Waals surface area (Å²) in [5.41, 5.74) is 1.52. The van der Waals surface area contributed by atoms with Crippen molar-refractivity contribution in [2.45, 2.75) is 37.2 Å². The zero-order chi connectivity index (χ0) is 16.8. The maximum atomic E-state index is 12.5. The molecule has 1 aromatic rings. The van der Waals surface area contributed by atoms with Gasteiger partial charge in [-0.25, -0.2) is 8.42 Å². The number of rotatable bonds is 3. The van der Waals surface area contributed by atoms with E-state index in [0.29, 0.717) is 0 Å². The maximum absolute atomic E-state index is 12.5. The number of aliphatic hydroxyl groups excluding tert-OH is 1. The Bertz CT molecular complexity index is 740. The molecule has 0 bridgehead atoms. The highest BCUT2D eigenvalue weighted by atomic mass is 32.2. The van der Waals surface area contributed by atoms with E-state index in [2.05, 4.69) is 5.32 Å². The molecule has 0 radical (unpaired) electrons. The number of fused-ring (bicyclic) bond motifs is 1. The quantitative estimate of drug-likeness (QED) is 0.818. The van der Waals surface area contributed by atoms with Gasteiger partial charge in [-0.2, -0.15) is 0 Å². The van der Waals surface area contributed by atoms with Crippen LogP contribution in [0.4, 0.5) is 0 Å². The second kappa shape index (κ2) is 5.72. The van der Waals surface area contributed by atoms with Gasteiger partial charge in [-0.3, -0.25) is 9.59 Å². The van der Waals surface area contributed by atoms with Crippen molar-refractivity contribution in [2.75, 3.05) is 5.75 Å². The van der Waals surface area contributed by atoms with Gasteiger partial charge in [0.05, 0.1) is 29.6 Å². The van der Waals surface area contributed by atoms with Crippen molar-refractivity contribution in [3.63, 3.8) is 0 Å². The lowest BCUT2D eigenvalue weighted by Gasteiger charge is -2.18. The van der Waals surface area contributed by atoms with E-state index in [1.165, 1.54) is 6.92 Å².